The van der Waals surface area contributed by atoms with Crippen LogP contribution >= 0.6 is 12.2 Å². The second kappa shape index (κ2) is 10.1. The van der Waals surface area contributed by atoms with Gasteiger partial charge in [-0.3, -0.25) is 24.6 Å². The number of benzene rings is 3. The molecular weight excluding hydrogens is 504 g/mol. The fraction of sp³-hybridized carbons (Fsp3) is 0.0357. The van der Waals surface area contributed by atoms with Crippen LogP contribution in [0, 0.1) is 0 Å². The largest absolute Gasteiger partial charge is 0.478 e. The lowest BCUT2D eigenvalue weighted by Crippen LogP contribution is -2.54. The summed E-state index contributed by atoms with van der Waals surface area (Å²) in [4.78, 5) is 51.2. The Morgan fingerprint density at radius 2 is 1.63 bits per heavy atom. The SMILES string of the molecule is O=C(Cn1cc(/C=C2\C(=O)NC(=S)N(c3ccc(C(=O)O)cc3)C2=O)c2ccccc21)Nc1ccccc1. The standard InChI is InChI=1S/C28H20N4O5S/c33-24(29-19-6-2-1-3-7-19)16-31-15-18(21-8-4-5-9-23(21)31)14-22-25(34)30-28(38)32(26(22)35)20-12-10-17(11-13-20)27(36)37/h1-15H,16H2,(H,29,33)(H,36,37)(H,30,34,38)/b22-14+. The Morgan fingerprint density at radius 3 is 2.34 bits per heavy atom. The van der Waals surface area contributed by atoms with Gasteiger partial charge in [0.2, 0.25) is 5.91 Å². The molecular formula is C28H20N4O5S. The van der Waals surface area contributed by atoms with E-state index in [2.05, 4.69) is 10.6 Å². The van der Waals surface area contributed by atoms with Crippen molar-refractivity contribution in [3.63, 3.8) is 0 Å². The minimum absolute atomic E-state index is 0.0187. The maximum atomic E-state index is 13.4. The fourth-order valence-electron chi connectivity index (χ4n) is 4.20. The molecule has 38 heavy (non-hydrogen) atoms. The van der Waals surface area contributed by atoms with E-state index < -0.39 is 17.8 Å². The van der Waals surface area contributed by atoms with Crippen molar-refractivity contribution >= 4 is 69.4 Å². The monoisotopic (exact) mass is 524 g/mol. The highest BCUT2D eigenvalue weighted by Gasteiger charge is 2.34. The third-order valence-electron chi connectivity index (χ3n) is 5.96. The Bertz CT molecular complexity index is 1640. The molecule has 0 atom stereocenters. The number of aromatic carboxylic acids is 1. The van der Waals surface area contributed by atoms with E-state index in [9.17, 15) is 19.2 Å². The molecule has 10 heteroatoms. The lowest BCUT2D eigenvalue weighted by atomic mass is 10.1. The van der Waals surface area contributed by atoms with Gasteiger partial charge in [-0.05, 0) is 60.8 Å². The number of carbonyl (C=O) groups excluding carboxylic acids is 3. The highest BCUT2D eigenvalue weighted by molar-refractivity contribution is 7.80. The van der Waals surface area contributed by atoms with E-state index in [1.165, 1.54) is 30.3 Å². The average molecular weight is 525 g/mol. The van der Waals surface area contributed by atoms with Crippen LogP contribution in [0.2, 0.25) is 0 Å². The number of hydrogen-bond donors (Lipinski definition) is 3. The van der Waals surface area contributed by atoms with Crippen molar-refractivity contribution in [2.75, 3.05) is 10.2 Å². The zero-order valence-corrected chi connectivity index (χ0v) is 20.6. The Labute approximate surface area is 222 Å². The number of nitrogens with zero attached hydrogens (tertiary/aromatic N) is 2. The van der Waals surface area contributed by atoms with E-state index in [1.54, 1.807) is 22.9 Å². The first-order valence-electron chi connectivity index (χ1n) is 11.5. The minimum atomic E-state index is -1.10. The Morgan fingerprint density at radius 1 is 0.947 bits per heavy atom. The summed E-state index contributed by atoms with van der Waals surface area (Å²) in [7, 11) is 0. The van der Waals surface area contributed by atoms with E-state index in [1.807, 2.05) is 42.5 Å². The molecule has 1 fully saturated rings. The molecule has 2 heterocycles. The normalized spacial score (nSPS) is 14.6. The molecule has 0 saturated carbocycles. The maximum Gasteiger partial charge on any atom is 0.335 e. The molecule has 4 aromatic rings. The topological polar surface area (TPSA) is 121 Å². The number of fused-ring (bicyclic) bond motifs is 1. The van der Waals surface area contributed by atoms with Crippen molar-refractivity contribution in [3.8, 4) is 0 Å². The summed E-state index contributed by atoms with van der Waals surface area (Å²) in [6.07, 6.45) is 3.17. The van der Waals surface area contributed by atoms with Crippen molar-refractivity contribution in [2.24, 2.45) is 0 Å². The van der Waals surface area contributed by atoms with Gasteiger partial charge in [0.1, 0.15) is 12.1 Å². The summed E-state index contributed by atoms with van der Waals surface area (Å²) in [5.41, 5.74) is 2.21. The summed E-state index contributed by atoms with van der Waals surface area (Å²) < 4.78 is 1.75. The number of anilines is 2. The van der Waals surface area contributed by atoms with Crippen LogP contribution < -0.4 is 15.5 Å². The van der Waals surface area contributed by atoms with Gasteiger partial charge in [-0.1, -0.05) is 36.4 Å². The van der Waals surface area contributed by atoms with Gasteiger partial charge in [0.05, 0.1) is 11.3 Å². The first kappa shape index (κ1) is 24.6. The molecule has 0 bridgehead atoms. The summed E-state index contributed by atoms with van der Waals surface area (Å²) in [6, 6.07) is 22.0. The van der Waals surface area contributed by atoms with Gasteiger partial charge >= 0.3 is 5.97 Å². The molecule has 3 aromatic carbocycles. The molecule has 188 valence electrons. The molecule has 5 rings (SSSR count). The molecule has 3 amide bonds. The predicted molar refractivity (Wildman–Crippen MR) is 147 cm³/mol. The average Bonchev–Trinajstić information content (AvgIpc) is 3.24. The van der Waals surface area contributed by atoms with Crippen LogP contribution in [-0.4, -0.2) is 38.5 Å². The lowest BCUT2D eigenvalue weighted by Gasteiger charge is -2.28. The zero-order valence-electron chi connectivity index (χ0n) is 19.8. The Hall–Kier alpha value is -5.09. The van der Waals surface area contributed by atoms with Crippen molar-refractivity contribution in [2.45, 2.75) is 6.54 Å². The first-order chi connectivity index (χ1) is 18.3. The van der Waals surface area contributed by atoms with Gasteiger partial charge < -0.3 is 15.0 Å². The summed E-state index contributed by atoms with van der Waals surface area (Å²) >= 11 is 5.23. The molecule has 0 aliphatic carbocycles. The summed E-state index contributed by atoms with van der Waals surface area (Å²) in [5.74, 6) is -2.65. The highest BCUT2D eigenvalue weighted by atomic mass is 32.1. The van der Waals surface area contributed by atoms with Crippen LogP contribution in [0.3, 0.4) is 0 Å². The van der Waals surface area contributed by atoms with Crippen LogP contribution in [0.25, 0.3) is 17.0 Å². The molecule has 1 aliphatic rings. The molecule has 1 saturated heterocycles. The van der Waals surface area contributed by atoms with Crippen LogP contribution in [0.4, 0.5) is 11.4 Å². The number of para-hydroxylation sites is 2. The number of hydrogen-bond acceptors (Lipinski definition) is 5. The minimum Gasteiger partial charge on any atom is -0.478 e. The van der Waals surface area contributed by atoms with Gasteiger partial charge in [0.25, 0.3) is 11.8 Å². The molecule has 0 radical (unpaired) electrons. The number of nitrogens with one attached hydrogen (secondary N) is 2. The van der Waals surface area contributed by atoms with Crippen LogP contribution in [0.1, 0.15) is 15.9 Å². The third-order valence-corrected chi connectivity index (χ3v) is 6.25. The summed E-state index contributed by atoms with van der Waals surface area (Å²) in [6.45, 7) is 0.0187. The van der Waals surface area contributed by atoms with Crippen LogP contribution in [0.5, 0.6) is 0 Å². The van der Waals surface area contributed by atoms with Crippen LogP contribution in [0.15, 0.2) is 90.6 Å². The van der Waals surface area contributed by atoms with Gasteiger partial charge in [-0.15, -0.1) is 0 Å². The number of carboxylic acids is 1. The van der Waals surface area contributed by atoms with Crippen molar-refractivity contribution < 1.29 is 24.3 Å². The third kappa shape index (κ3) is 4.80. The van der Waals surface area contributed by atoms with E-state index in [0.717, 1.165) is 15.8 Å². The van der Waals surface area contributed by atoms with Crippen LogP contribution in [-0.2, 0) is 20.9 Å². The molecule has 1 aliphatic heterocycles. The number of rotatable bonds is 6. The lowest BCUT2D eigenvalue weighted by molar-refractivity contribution is -0.122. The number of thiocarbonyl (C=S) groups is 1. The maximum absolute atomic E-state index is 13.4. The Kier molecular flexibility index (Phi) is 6.55. The molecule has 1 aromatic heterocycles. The summed E-state index contributed by atoms with van der Waals surface area (Å²) in [5, 5.41) is 15.2. The van der Waals surface area contributed by atoms with Gasteiger partial charge in [0, 0.05) is 28.4 Å². The van der Waals surface area contributed by atoms with E-state index in [4.69, 9.17) is 17.3 Å². The quantitative estimate of drug-likeness (QED) is 0.200. The second-order valence-electron chi connectivity index (χ2n) is 8.45. The van der Waals surface area contributed by atoms with E-state index >= 15 is 0 Å². The van der Waals surface area contributed by atoms with E-state index in [-0.39, 0.29) is 28.7 Å². The highest BCUT2D eigenvalue weighted by Crippen LogP contribution is 2.27. The Balaban J connectivity index is 1.48. The number of amides is 3. The number of aromatic nitrogens is 1. The van der Waals surface area contributed by atoms with Gasteiger partial charge in [-0.2, -0.15) is 0 Å². The van der Waals surface area contributed by atoms with Crippen molar-refractivity contribution in [1.29, 1.82) is 0 Å². The number of carboxylic acid groups (broad SMARTS) is 1. The second-order valence-corrected chi connectivity index (χ2v) is 8.84. The van der Waals surface area contributed by atoms with Crippen molar-refractivity contribution in [3.05, 3.63) is 102 Å². The van der Waals surface area contributed by atoms with E-state index in [0.29, 0.717) is 16.9 Å². The smallest absolute Gasteiger partial charge is 0.335 e. The van der Waals surface area contributed by atoms with Gasteiger partial charge in [-0.25, -0.2) is 4.79 Å². The predicted octanol–water partition coefficient (Wildman–Crippen LogP) is 3.81. The van der Waals surface area contributed by atoms with Gasteiger partial charge in [0.15, 0.2) is 5.11 Å². The molecule has 0 spiro atoms. The fourth-order valence-corrected chi connectivity index (χ4v) is 4.48. The zero-order chi connectivity index (χ0) is 26.8. The molecule has 9 nitrogen and oxygen atoms in total. The van der Waals surface area contributed by atoms with Crippen molar-refractivity contribution in [1.82, 2.24) is 9.88 Å². The first-order valence-corrected chi connectivity index (χ1v) is 11.9. The molecule has 0 unspecified atom stereocenters. The number of carbonyl (C=O) groups is 4. The molecule has 3 N–H and O–H groups in total.